The van der Waals surface area contributed by atoms with E-state index in [1.165, 1.54) is 71.6 Å². The highest BCUT2D eigenvalue weighted by Gasteiger charge is 2.16. The van der Waals surface area contributed by atoms with Gasteiger partial charge < -0.3 is 0 Å². The SMILES string of the molecule is Cc1ccncc1-c1ccc(-c2c3ccccc3c(-c3ccc(-c4ccncc4)cc3)c3ccccc23)cc1. The Morgan fingerprint density at radius 3 is 1.28 bits per heavy atom. The second kappa shape index (κ2) is 9.66. The quantitative estimate of drug-likeness (QED) is 0.226. The van der Waals surface area contributed by atoms with Crippen LogP contribution in [0.2, 0.25) is 0 Å². The first-order valence-corrected chi connectivity index (χ1v) is 13.2. The molecule has 0 aliphatic heterocycles. The zero-order chi connectivity index (χ0) is 26.2. The van der Waals surface area contributed by atoms with Gasteiger partial charge in [-0.15, -0.1) is 0 Å². The Morgan fingerprint density at radius 2 is 0.795 bits per heavy atom. The zero-order valence-corrected chi connectivity index (χ0v) is 21.7. The molecule has 39 heavy (non-hydrogen) atoms. The minimum absolute atomic E-state index is 1.17. The molecule has 0 N–H and O–H groups in total. The molecular formula is C37H26N2. The number of hydrogen-bond donors (Lipinski definition) is 0. The highest BCUT2D eigenvalue weighted by atomic mass is 14.6. The summed E-state index contributed by atoms with van der Waals surface area (Å²) in [5, 5.41) is 5.04. The minimum atomic E-state index is 1.17. The van der Waals surface area contributed by atoms with E-state index in [0.717, 1.165) is 0 Å². The van der Waals surface area contributed by atoms with E-state index in [9.17, 15) is 0 Å². The fourth-order valence-corrected chi connectivity index (χ4v) is 5.71. The van der Waals surface area contributed by atoms with Crippen molar-refractivity contribution in [1.29, 1.82) is 0 Å². The highest BCUT2D eigenvalue weighted by Crippen LogP contribution is 2.44. The minimum Gasteiger partial charge on any atom is -0.265 e. The first kappa shape index (κ1) is 23.1. The highest BCUT2D eigenvalue weighted by molar-refractivity contribution is 6.21. The molecule has 0 bridgehead atoms. The van der Waals surface area contributed by atoms with Crippen molar-refractivity contribution in [3.63, 3.8) is 0 Å². The summed E-state index contributed by atoms with van der Waals surface area (Å²) in [6.07, 6.45) is 7.48. The average molecular weight is 499 g/mol. The smallest absolute Gasteiger partial charge is 0.0349 e. The van der Waals surface area contributed by atoms with Gasteiger partial charge in [-0.3, -0.25) is 9.97 Å². The van der Waals surface area contributed by atoms with Crippen molar-refractivity contribution < 1.29 is 0 Å². The van der Waals surface area contributed by atoms with E-state index < -0.39 is 0 Å². The summed E-state index contributed by atoms with van der Waals surface area (Å²) >= 11 is 0. The van der Waals surface area contributed by atoms with Gasteiger partial charge in [0.25, 0.3) is 0 Å². The molecule has 5 aromatic carbocycles. The first-order chi connectivity index (χ1) is 19.3. The van der Waals surface area contributed by atoms with Gasteiger partial charge in [-0.1, -0.05) is 97.1 Å². The summed E-state index contributed by atoms with van der Waals surface area (Å²) in [6.45, 7) is 2.13. The van der Waals surface area contributed by atoms with Crippen LogP contribution in [0.5, 0.6) is 0 Å². The van der Waals surface area contributed by atoms with Crippen LogP contribution >= 0.6 is 0 Å². The zero-order valence-electron chi connectivity index (χ0n) is 21.7. The lowest BCUT2D eigenvalue weighted by Gasteiger charge is -2.18. The molecule has 2 heterocycles. The van der Waals surface area contributed by atoms with E-state index in [4.69, 9.17) is 0 Å². The number of benzene rings is 5. The largest absolute Gasteiger partial charge is 0.265 e. The molecule has 0 aliphatic rings. The van der Waals surface area contributed by atoms with E-state index in [1.807, 2.05) is 24.8 Å². The number of pyridine rings is 2. The molecule has 0 unspecified atom stereocenters. The standard InChI is InChI=1S/C37H26N2/c1-25-18-21-39-24-35(25)28-12-16-30(17-13-28)37-33-8-4-2-6-31(33)36(32-7-3-5-9-34(32)37)29-14-10-26(11-15-29)27-19-22-38-23-20-27/h2-24H,1H3. The van der Waals surface area contributed by atoms with Crippen LogP contribution < -0.4 is 0 Å². The third-order valence-electron chi connectivity index (χ3n) is 7.64. The van der Waals surface area contributed by atoms with Gasteiger partial charge in [0, 0.05) is 30.4 Å². The van der Waals surface area contributed by atoms with Gasteiger partial charge in [-0.25, -0.2) is 0 Å². The Bertz CT molecular complexity index is 1880. The predicted octanol–water partition coefficient (Wildman–Crippen LogP) is 9.76. The first-order valence-electron chi connectivity index (χ1n) is 13.2. The predicted molar refractivity (Wildman–Crippen MR) is 164 cm³/mol. The molecule has 0 spiro atoms. The topological polar surface area (TPSA) is 25.8 Å². The van der Waals surface area contributed by atoms with Gasteiger partial charge >= 0.3 is 0 Å². The van der Waals surface area contributed by atoms with Crippen molar-refractivity contribution in [2.45, 2.75) is 6.92 Å². The van der Waals surface area contributed by atoms with Gasteiger partial charge in [-0.2, -0.15) is 0 Å². The number of nitrogens with zero attached hydrogens (tertiary/aromatic N) is 2. The molecule has 184 valence electrons. The number of fused-ring (bicyclic) bond motifs is 2. The van der Waals surface area contributed by atoms with E-state index in [1.54, 1.807) is 0 Å². The van der Waals surface area contributed by atoms with Crippen LogP contribution in [0.1, 0.15) is 5.56 Å². The van der Waals surface area contributed by atoms with Crippen LogP contribution in [0.25, 0.3) is 66.1 Å². The molecule has 7 rings (SSSR count). The van der Waals surface area contributed by atoms with Crippen LogP contribution in [0.4, 0.5) is 0 Å². The van der Waals surface area contributed by atoms with Crippen molar-refractivity contribution in [2.75, 3.05) is 0 Å². The van der Waals surface area contributed by atoms with Gasteiger partial charge in [0.1, 0.15) is 0 Å². The fourth-order valence-electron chi connectivity index (χ4n) is 5.71. The van der Waals surface area contributed by atoms with Crippen molar-refractivity contribution in [3.05, 3.63) is 146 Å². The Labute approximate surface area is 228 Å². The van der Waals surface area contributed by atoms with Crippen LogP contribution in [0, 0.1) is 6.92 Å². The lowest BCUT2D eigenvalue weighted by atomic mass is 9.85. The molecular weight excluding hydrogens is 472 g/mol. The lowest BCUT2D eigenvalue weighted by Crippen LogP contribution is -1.91. The average Bonchev–Trinajstić information content (AvgIpc) is 3.01. The summed E-state index contributed by atoms with van der Waals surface area (Å²) in [6, 6.07) is 41.6. The number of hydrogen-bond acceptors (Lipinski definition) is 2. The molecule has 7 aromatic rings. The molecule has 0 amide bonds. The molecule has 2 heteroatoms. The Hall–Kier alpha value is -5.08. The van der Waals surface area contributed by atoms with E-state index in [-0.39, 0.29) is 0 Å². The summed E-state index contributed by atoms with van der Waals surface area (Å²) in [4.78, 5) is 8.50. The molecule has 0 saturated heterocycles. The Kier molecular flexibility index (Phi) is 5.71. The molecule has 0 fully saturated rings. The molecule has 2 aromatic heterocycles. The summed E-state index contributed by atoms with van der Waals surface area (Å²) < 4.78 is 0. The second-order valence-corrected chi connectivity index (χ2v) is 9.92. The van der Waals surface area contributed by atoms with Crippen molar-refractivity contribution >= 4 is 21.5 Å². The molecule has 0 aliphatic carbocycles. The normalized spacial score (nSPS) is 11.2. The maximum absolute atomic E-state index is 4.34. The van der Waals surface area contributed by atoms with Gasteiger partial charge in [0.15, 0.2) is 0 Å². The van der Waals surface area contributed by atoms with Crippen LogP contribution in [-0.4, -0.2) is 9.97 Å². The summed E-state index contributed by atoms with van der Waals surface area (Å²) in [7, 11) is 0. The molecule has 0 saturated carbocycles. The summed E-state index contributed by atoms with van der Waals surface area (Å²) in [5.41, 5.74) is 10.9. The second-order valence-electron chi connectivity index (χ2n) is 9.92. The molecule has 0 atom stereocenters. The van der Waals surface area contributed by atoms with Crippen LogP contribution in [0.3, 0.4) is 0 Å². The number of aromatic nitrogens is 2. The van der Waals surface area contributed by atoms with Crippen molar-refractivity contribution in [3.8, 4) is 44.5 Å². The molecule has 0 radical (unpaired) electrons. The maximum atomic E-state index is 4.34. The Balaban J connectivity index is 1.42. The van der Waals surface area contributed by atoms with Crippen molar-refractivity contribution in [1.82, 2.24) is 9.97 Å². The van der Waals surface area contributed by atoms with E-state index >= 15 is 0 Å². The van der Waals surface area contributed by atoms with Crippen LogP contribution in [-0.2, 0) is 0 Å². The van der Waals surface area contributed by atoms with Gasteiger partial charge in [-0.05, 0) is 91.2 Å². The monoisotopic (exact) mass is 498 g/mol. The van der Waals surface area contributed by atoms with Crippen molar-refractivity contribution in [2.24, 2.45) is 0 Å². The third-order valence-corrected chi connectivity index (χ3v) is 7.64. The van der Waals surface area contributed by atoms with Crippen LogP contribution in [0.15, 0.2) is 140 Å². The van der Waals surface area contributed by atoms with Gasteiger partial charge in [0.05, 0.1) is 0 Å². The Morgan fingerprint density at radius 1 is 0.385 bits per heavy atom. The number of rotatable bonds is 4. The van der Waals surface area contributed by atoms with E-state index in [0.29, 0.717) is 0 Å². The van der Waals surface area contributed by atoms with E-state index in [2.05, 4.69) is 132 Å². The lowest BCUT2D eigenvalue weighted by molar-refractivity contribution is 1.29. The molecule has 2 nitrogen and oxygen atoms in total. The maximum Gasteiger partial charge on any atom is 0.0349 e. The number of aryl methyl sites for hydroxylation is 1. The van der Waals surface area contributed by atoms with Gasteiger partial charge in [0.2, 0.25) is 0 Å². The summed E-state index contributed by atoms with van der Waals surface area (Å²) in [5.74, 6) is 0. The third kappa shape index (κ3) is 4.07. The fraction of sp³-hybridized carbons (Fsp3) is 0.0270.